The Kier molecular flexibility index (Phi) is 3.71. The van der Waals surface area contributed by atoms with Crippen LogP contribution in [-0.4, -0.2) is 13.6 Å². The molecule has 0 atom stereocenters. The first-order chi connectivity index (χ1) is 3.27. The summed E-state index contributed by atoms with van der Waals surface area (Å²) in [4.78, 5) is 0. The summed E-state index contributed by atoms with van der Waals surface area (Å²) in [5, 5.41) is 3.04. The molecular weight excluding hydrogens is 86.1 g/mol. The molecule has 0 aromatic rings. The van der Waals surface area contributed by atoms with E-state index in [1.54, 1.807) is 0 Å². The molecule has 42 valence electrons. The molecule has 1 N–H and O–H groups in total. The molecule has 0 radical (unpaired) electrons. The average molecular weight is 99.2 g/mol. The van der Waals surface area contributed by atoms with Crippen molar-refractivity contribution in [1.82, 2.24) is 5.32 Å². The number of hydrogen-bond acceptors (Lipinski definition) is 1. The van der Waals surface area contributed by atoms with E-state index in [0.29, 0.717) is 0 Å². The highest BCUT2D eigenvalue weighted by Crippen LogP contribution is 1.90. The van der Waals surface area contributed by atoms with Crippen molar-refractivity contribution in [2.24, 2.45) is 0 Å². The summed E-state index contributed by atoms with van der Waals surface area (Å²) >= 11 is 0. The molecule has 0 spiro atoms. The van der Waals surface area contributed by atoms with Crippen LogP contribution in [-0.2, 0) is 0 Å². The second-order valence-electron chi connectivity index (χ2n) is 1.81. The Bertz CT molecular complexity index is 57.2. The van der Waals surface area contributed by atoms with E-state index in [-0.39, 0.29) is 0 Å². The Hall–Kier alpha value is -0.300. The molecule has 0 heterocycles. The quantitative estimate of drug-likeness (QED) is 0.524. The summed E-state index contributed by atoms with van der Waals surface area (Å²) in [5.41, 5.74) is 1.24. The first kappa shape index (κ1) is 6.70. The lowest BCUT2D eigenvalue weighted by atomic mass is 10.2. The molecule has 0 aromatic heterocycles. The number of rotatable bonds is 3. The van der Waals surface area contributed by atoms with Crippen molar-refractivity contribution in [2.45, 2.75) is 13.3 Å². The first-order valence-corrected chi connectivity index (χ1v) is 2.56. The molecule has 0 aliphatic heterocycles. The molecule has 1 nitrogen and oxygen atoms in total. The highest BCUT2D eigenvalue weighted by atomic mass is 14.8. The third-order valence-electron chi connectivity index (χ3n) is 0.802. The van der Waals surface area contributed by atoms with Gasteiger partial charge in [0.25, 0.3) is 0 Å². The Morgan fingerprint density at radius 2 is 2.29 bits per heavy atom. The molecular formula is C6H13N. The monoisotopic (exact) mass is 99.1 g/mol. The highest BCUT2D eigenvalue weighted by Gasteiger charge is 1.79. The smallest absolute Gasteiger partial charge is 0.00148 e. The third kappa shape index (κ3) is 5.70. The SMILES string of the molecule is C=C(C)CCNC. The summed E-state index contributed by atoms with van der Waals surface area (Å²) in [6.45, 7) is 6.84. The highest BCUT2D eigenvalue weighted by molar-refractivity contribution is 4.87. The third-order valence-corrected chi connectivity index (χ3v) is 0.802. The van der Waals surface area contributed by atoms with Crippen LogP contribution in [0.15, 0.2) is 12.2 Å². The summed E-state index contributed by atoms with van der Waals surface area (Å²) in [7, 11) is 1.95. The molecule has 0 bridgehead atoms. The van der Waals surface area contributed by atoms with Crippen molar-refractivity contribution >= 4 is 0 Å². The Labute approximate surface area is 45.4 Å². The minimum atomic E-state index is 1.05. The van der Waals surface area contributed by atoms with Gasteiger partial charge in [-0.05, 0) is 26.9 Å². The molecule has 1 heteroatoms. The maximum atomic E-state index is 3.75. The van der Waals surface area contributed by atoms with Crippen LogP contribution < -0.4 is 5.32 Å². The van der Waals surface area contributed by atoms with Crippen molar-refractivity contribution < 1.29 is 0 Å². The van der Waals surface area contributed by atoms with Gasteiger partial charge < -0.3 is 5.32 Å². The zero-order chi connectivity index (χ0) is 5.70. The molecule has 0 aliphatic rings. The molecule has 0 aliphatic carbocycles. The molecule has 0 rings (SSSR count). The molecule has 0 fully saturated rings. The summed E-state index contributed by atoms with van der Waals surface area (Å²) in [6, 6.07) is 0. The zero-order valence-electron chi connectivity index (χ0n) is 5.12. The topological polar surface area (TPSA) is 12.0 Å². The lowest BCUT2D eigenvalue weighted by Crippen LogP contribution is -2.06. The fourth-order valence-corrected chi connectivity index (χ4v) is 0.338. The second kappa shape index (κ2) is 3.88. The standard InChI is InChI=1S/C6H13N/c1-6(2)4-5-7-3/h7H,1,4-5H2,2-3H3. The molecule has 7 heavy (non-hydrogen) atoms. The summed E-state index contributed by atoms with van der Waals surface area (Å²) in [6.07, 6.45) is 1.09. The van der Waals surface area contributed by atoms with Crippen LogP contribution in [0.25, 0.3) is 0 Å². The van der Waals surface area contributed by atoms with E-state index in [1.165, 1.54) is 5.57 Å². The van der Waals surface area contributed by atoms with Crippen LogP contribution in [0.2, 0.25) is 0 Å². The fourth-order valence-electron chi connectivity index (χ4n) is 0.338. The predicted molar refractivity (Wildman–Crippen MR) is 33.4 cm³/mol. The predicted octanol–water partition coefficient (Wildman–Crippen LogP) is 1.17. The minimum Gasteiger partial charge on any atom is -0.319 e. The lowest BCUT2D eigenvalue weighted by Gasteiger charge is -1.94. The van der Waals surface area contributed by atoms with Gasteiger partial charge in [0, 0.05) is 0 Å². The maximum Gasteiger partial charge on any atom is -0.00148 e. The van der Waals surface area contributed by atoms with Crippen LogP contribution in [0.4, 0.5) is 0 Å². The van der Waals surface area contributed by atoms with Crippen LogP contribution in [0.3, 0.4) is 0 Å². The fraction of sp³-hybridized carbons (Fsp3) is 0.667. The van der Waals surface area contributed by atoms with Gasteiger partial charge in [-0.1, -0.05) is 5.57 Å². The largest absolute Gasteiger partial charge is 0.319 e. The Balaban J connectivity index is 2.82. The van der Waals surface area contributed by atoms with Crippen molar-refractivity contribution in [1.29, 1.82) is 0 Å². The van der Waals surface area contributed by atoms with Gasteiger partial charge in [-0.3, -0.25) is 0 Å². The van der Waals surface area contributed by atoms with Gasteiger partial charge in [0.1, 0.15) is 0 Å². The molecule has 0 saturated heterocycles. The van der Waals surface area contributed by atoms with Crippen molar-refractivity contribution in [3.8, 4) is 0 Å². The van der Waals surface area contributed by atoms with Crippen LogP contribution >= 0.6 is 0 Å². The molecule has 0 unspecified atom stereocenters. The van der Waals surface area contributed by atoms with Crippen molar-refractivity contribution in [2.75, 3.05) is 13.6 Å². The zero-order valence-corrected chi connectivity index (χ0v) is 5.12. The van der Waals surface area contributed by atoms with Crippen LogP contribution in [0.1, 0.15) is 13.3 Å². The Morgan fingerprint density at radius 3 is 2.43 bits per heavy atom. The first-order valence-electron chi connectivity index (χ1n) is 2.56. The summed E-state index contributed by atoms with van der Waals surface area (Å²) < 4.78 is 0. The average Bonchev–Trinajstić information content (AvgIpc) is 1.61. The van der Waals surface area contributed by atoms with E-state index in [1.807, 2.05) is 14.0 Å². The summed E-state index contributed by atoms with van der Waals surface area (Å²) in [5.74, 6) is 0. The Morgan fingerprint density at radius 1 is 1.71 bits per heavy atom. The van der Waals surface area contributed by atoms with E-state index in [4.69, 9.17) is 0 Å². The van der Waals surface area contributed by atoms with E-state index >= 15 is 0 Å². The second-order valence-corrected chi connectivity index (χ2v) is 1.81. The van der Waals surface area contributed by atoms with Gasteiger partial charge in [-0.25, -0.2) is 0 Å². The van der Waals surface area contributed by atoms with E-state index in [2.05, 4.69) is 11.9 Å². The van der Waals surface area contributed by atoms with Gasteiger partial charge in [-0.15, -0.1) is 6.58 Å². The molecule has 0 saturated carbocycles. The number of nitrogens with one attached hydrogen (secondary N) is 1. The lowest BCUT2D eigenvalue weighted by molar-refractivity contribution is 0.787. The van der Waals surface area contributed by atoms with E-state index < -0.39 is 0 Å². The van der Waals surface area contributed by atoms with E-state index in [0.717, 1.165) is 13.0 Å². The van der Waals surface area contributed by atoms with Crippen LogP contribution in [0.5, 0.6) is 0 Å². The van der Waals surface area contributed by atoms with Crippen LogP contribution in [0, 0.1) is 0 Å². The van der Waals surface area contributed by atoms with Gasteiger partial charge in [-0.2, -0.15) is 0 Å². The normalized spacial score (nSPS) is 8.86. The van der Waals surface area contributed by atoms with Gasteiger partial charge in [0.05, 0.1) is 0 Å². The van der Waals surface area contributed by atoms with Gasteiger partial charge in [0.15, 0.2) is 0 Å². The minimum absolute atomic E-state index is 1.05. The molecule has 0 amide bonds. The maximum absolute atomic E-state index is 3.75. The van der Waals surface area contributed by atoms with Crippen molar-refractivity contribution in [3.05, 3.63) is 12.2 Å². The van der Waals surface area contributed by atoms with Gasteiger partial charge >= 0.3 is 0 Å². The number of hydrogen-bond donors (Lipinski definition) is 1. The molecule has 0 aromatic carbocycles. The van der Waals surface area contributed by atoms with E-state index in [9.17, 15) is 0 Å². The van der Waals surface area contributed by atoms with Crippen molar-refractivity contribution in [3.63, 3.8) is 0 Å². The van der Waals surface area contributed by atoms with Gasteiger partial charge in [0.2, 0.25) is 0 Å².